The largest absolute Gasteiger partial charge is 1.00 e. The Morgan fingerprint density at radius 2 is 1.52 bits per heavy atom. The third-order valence-electron chi connectivity index (χ3n) is 6.52. The summed E-state index contributed by atoms with van der Waals surface area (Å²) in [5, 5.41) is 1.26. The molecule has 1 aliphatic heterocycles. The molecule has 0 radical (unpaired) electrons. The smallest absolute Gasteiger partial charge is 0.201 e. The number of fused-ring (bicyclic) bond motifs is 2. The molecule has 3 rings (SSSR count). The molecule has 0 aromatic heterocycles. The molecule has 33 heavy (non-hydrogen) atoms. The van der Waals surface area contributed by atoms with Crippen molar-refractivity contribution in [1.29, 1.82) is 0 Å². The Morgan fingerprint density at radius 1 is 0.848 bits per heavy atom. The topological polar surface area (TPSA) is 25.6 Å². The number of nitrogens with zero attached hydrogens (tertiary/aromatic N) is 5. The summed E-state index contributed by atoms with van der Waals surface area (Å²) in [6, 6.07) is 13.3. The molecule has 0 amide bonds. The molecular formula is C26H40BrN5S. The van der Waals surface area contributed by atoms with Gasteiger partial charge in [-0.15, -0.1) is 11.3 Å². The lowest BCUT2D eigenvalue weighted by Crippen LogP contribution is -3.00. The summed E-state index contributed by atoms with van der Waals surface area (Å²) in [6.07, 6.45) is 0. The van der Waals surface area contributed by atoms with Crippen LogP contribution >= 0.6 is 11.3 Å². The number of hydrogen-bond acceptors (Lipinski definition) is 5. The Labute approximate surface area is 214 Å². The van der Waals surface area contributed by atoms with E-state index < -0.39 is 0 Å². The molecule has 0 saturated carbocycles. The van der Waals surface area contributed by atoms with Crippen LogP contribution in [0.5, 0.6) is 0 Å². The molecule has 7 heteroatoms. The second-order valence-corrected chi connectivity index (χ2v) is 9.50. The molecular weight excluding hydrogens is 494 g/mol. The van der Waals surface area contributed by atoms with Gasteiger partial charge in [0, 0.05) is 38.0 Å². The molecule has 0 unspecified atom stereocenters. The van der Waals surface area contributed by atoms with E-state index in [1.165, 1.54) is 20.6 Å². The highest BCUT2D eigenvalue weighted by Gasteiger charge is 2.12. The van der Waals surface area contributed by atoms with Crippen LogP contribution in [0, 0.1) is 0 Å². The van der Waals surface area contributed by atoms with E-state index in [-0.39, 0.29) is 17.0 Å². The molecule has 5 nitrogen and oxygen atoms in total. The van der Waals surface area contributed by atoms with Crippen molar-refractivity contribution in [3.63, 3.8) is 0 Å². The minimum atomic E-state index is 0. The molecule has 0 fully saturated rings. The Balaban J connectivity index is 0.00000385. The second-order valence-electron chi connectivity index (χ2n) is 8.41. The fourth-order valence-corrected chi connectivity index (χ4v) is 5.03. The van der Waals surface area contributed by atoms with Gasteiger partial charge >= 0.3 is 0 Å². The molecule has 0 saturated heterocycles. The van der Waals surface area contributed by atoms with Gasteiger partial charge in [0.1, 0.15) is 7.05 Å². The molecule has 182 valence electrons. The van der Waals surface area contributed by atoms with Gasteiger partial charge in [0.05, 0.1) is 27.3 Å². The van der Waals surface area contributed by atoms with E-state index in [1.54, 1.807) is 0 Å². The summed E-state index contributed by atoms with van der Waals surface area (Å²) in [7, 11) is 4.37. The highest BCUT2D eigenvalue weighted by atomic mass is 79.9. The number of benzene rings is 2. The number of likely N-dealkylation sites (N-methyl/N-ethyl adjacent to an activating group) is 4. The van der Waals surface area contributed by atoms with E-state index in [0.717, 1.165) is 63.6 Å². The lowest BCUT2D eigenvalue weighted by Gasteiger charge is -2.24. The summed E-state index contributed by atoms with van der Waals surface area (Å²) >= 11 is 1.84. The van der Waals surface area contributed by atoms with E-state index in [4.69, 9.17) is 4.98 Å². The van der Waals surface area contributed by atoms with Crippen LogP contribution in [-0.2, 0) is 0 Å². The Hall–Kier alpha value is -1.54. The van der Waals surface area contributed by atoms with Crippen LogP contribution in [0.2, 0.25) is 0 Å². The maximum Gasteiger partial charge on any atom is 0.201 e. The molecule has 1 aromatic carbocycles. The van der Waals surface area contributed by atoms with Crippen LogP contribution < -0.4 is 31.8 Å². The molecule has 2 aliphatic rings. The van der Waals surface area contributed by atoms with E-state index in [0.29, 0.717) is 0 Å². The van der Waals surface area contributed by atoms with Gasteiger partial charge in [-0.2, -0.15) is 0 Å². The normalized spacial score (nSPS) is 12.5. The average Bonchev–Trinajstić information content (AvgIpc) is 2.82. The average molecular weight is 535 g/mol. The fraction of sp³-hybridized carbons (Fsp3) is 0.538. The van der Waals surface area contributed by atoms with E-state index in [9.17, 15) is 0 Å². The summed E-state index contributed by atoms with van der Waals surface area (Å²) in [5.41, 5.74) is 3.41. The molecule has 0 N–H and O–H groups in total. The number of halogens is 1. The lowest BCUT2D eigenvalue weighted by atomic mass is 10.2. The van der Waals surface area contributed by atoms with Crippen molar-refractivity contribution < 1.29 is 17.0 Å². The standard InChI is InChI=1S/C26H40N5S.BrH/c1-7-30(8-2)17-15-28(5)21-11-13-23-25(19-21)32-26-20-22(12-14-24(26)27-23)29(6)16-18-31(9-3)10-4;/h11-14,19-20H,7-10,15-18H2,1-6H3;1H/q+1;/p-1. The van der Waals surface area contributed by atoms with Crippen molar-refractivity contribution in [2.75, 3.05) is 71.4 Å². The predicted molar refractivity (Wildman–Crippen MR) is 141 cm³/mol. The number of hydrogen-bond donors (Lipinski definition) is 0. The maximum absolute atomic E-state index is 4.94. The van der Waals surface area contributed by atoms with Crippen LogP contribution in [-0.4, -0.2) is 81.2 Å². The van der Waals surface area contributed by atoms with Crippen molar-refractivity contribution >= 4 is 27.2 Å². The molecule has 0 spiro atoms. The predicted octanol–water partition coefficient (Wildman–Crippen LogP) is 0.927. The Morgan fingerprint density at radius 3 is 2.18 bits per heavy atom. The van der Waals surface area contributed by atoms with Crippen molar-refractivity contribution in [3.05, 3.63) is 41.8 Å². The van der Waals surface area contributed by atoms with Crippen LogP contribution in [0.3, 0.4) is 0 Å². The van der Waals surface area contributed by atoms with Crippen molar-refractivity contribution in [2.24, 2.45) is 0 Å². The second kappa shape index (κ2) is 13.4. The van der Waals surface area contributed by atoms with Gasteiger partial charge in [0.15, 0.2) is 6.54 Å². The first-order valence-electron chi connectivity index (χ1n) is 12.0. The van der Waals surface area contributed by atoms with Crippen molar-refractivity contribution in [1.82, 2.24) is 19.4 Å². The zero-order chi connectivity index (χ0) is 23.1. The summed E-state index contributed by atoms with van der Waals surface area (Å²) in [6.45, 7) is 17.6. The van der Waals surface area contributed by atoms with E-state index in [2.05, 4.69) is 97.5 Å². The molecule has 1 heterocycles. The summed E-state index contributed by atoms with van der Waals surface area (Å²) in [4.78, 5) is 13.5. The van der Waals surface area contributed by atoms with Gasteiger partial charge in [0.2, 0.25) is 5.36 Å². The van der Waals surface area contributed by atoms with Crippen LogP contribution in [0.15, 0.2) is 36.4 Å². The quantitative estimate of drug-likeness (QED) is 0.270. The van der Waals surface area contributed by atoms with Gasteiger partial charge in [-0.25, -0.2) is 9.56 Å². The van der Waals surface area contributed by atoms with E-state index in [1.807, 2.05) is 11.3 Å². The summed E-state index contributed by atoms with van der Waals surface area (Å²) < 4.78 is 3.60. The van der Waals surface area contributed by atoms with E-state index >= 15 is 0 Å². The van der Waals surface area contributed by atoms with Gasteiger partial charge in [-0.1, -0.05) is 27.7 Å². The number of anilines is 1. The molecule has 0 atom stereocenters. The minimum Gasteiger partial charge on any atom is -1.00 e. The van der Waals surface area contributed by atoms with Gasteiger partial charge in [0.25, 0.3) is 0 Å². The first kappa shape index (κ1) is 27.7. The fourth-order valence-electron chi connectivity index (χ4n) is 4.00. The zero-order valence-corrected chi connectivity index (χ0v) is 23.5. The molecule has 0 bridgehead atoms. The highest BCUT2D eigenvalue weighted by Crippen LogP contribution is 2.31. The molecule has 1 aliphatic carbocycles. The van der Waals surface area contributed by atoms with Crippen molar-refractivity contribution in [3.8, 4) is 10.6 Å². The van der Waals surface area contributed by atoms with Crippen molar-refractivity contribution in [2.45, 2.75) is 27.7 Å². The first-order valence-corrected chi connectivity index (χ1v) is 12.8. The summed E-state index contributed by atoms with van der Waals surface area (Å²) in [5.74, 6) is 0. The zero-order valence-electron chi connectivity index (χ0n) is 21.1. The Kier molecular flexibility index (Phi) is 11.2. The Bertz CT molecular complexity index is 1040. The third-order valence-corrected chi connectivity index (χ3v) is 7.62. The highest BCUT2D eigenvalue weighted by molar-refractivity contribution is 7.21. The molecule has 1 aromatic rings. The number of aromatic nitrogens is 1. The number of rotatable bonds is 11. The maximum atomic E-state index is 4.94. The minimum absolute atomic E-state index is 0. The van der Waals surface area contributed by atoms with Gasteiger partial charge < -0.3 is 26.8 Å². The van der Waals surface area contributed by atoms with Crippen LogP contribution in [0.25, 0.3) is 20.8 Å². The van der Waals surface area contributed by atoms with Crippen LogP contribution in [0.1, 0.15) is 27.7 Å². The lowest BCUT2D eigenvalue weighted by molar-refractivity contribution is -0.00000682. The van der Waals surface area contributed by atoms with Crippen LogP contribution in [0.4, 0.5) is 5.69 Å². The third kappa shape index (κ3) is 7.22. The first-order chi connectivity index (χ1) is 15.5. The van der Waals surface area contributed by atoms with Gasteiger partial charge in [-0.3, -0.25) is 4.90 Å². The van der Waals surface area contributed by atoms with Gasteiger partial charge in [-0.05, 0) is 50.4 Å². The monoisotopic (exact) mass is 533 g/mol. The SMILES string of the molecule is CCN(CC)CCN(C)c1ccc2nc3ccc(=[N+](C)CCN(CC)CC)cc-3sc2c1.[Br-].